The second-order valence-electron chi connectivity index (χ2n) is 4.72. The van der Waals surface area contributed by atoms with E-state index in [2.05, 4.69) is 31.2 Å². The molecule has 2 N–H and O–H groups in total. The van der Waals surface area contributed by atoms with Crippen LogP contribution >= 0.6 is 23.2 Å². The Balaban J connectivity index is 2.27. The largest absolute Gasteiger partial charge is 0.330 e. The third kappa shape index (κ3) is 3.50. The van der Waals surface area contributed by atoms with E-state index in [0.29, 0.717) is 22.5 Å². The summed E-state index contributed by atoms with van der Waals surface area (Å²) in [4.78, 5) is 0. The van der Waals surface area contributed by atoms with Gasteiger partial charge in [-0.3, -0.25) is 0 Å². The molecule has 1 nitrogen and oxygen atoms in total. The minimum Gasteiger partial charge on any atom is -0.330 e. The molecule has 0 heterocycles. The molecule has 0 saturated heterocycles. The smallest absolute Gasteiger partial charge is 0.0499 e. The molecule has 2 aromatic carbocycles. The third-order valence-corrected chi connectivity index (χ3v) is 3.87. The van der Waals surface area contributed by atoms with Crippen LogP contribution in [0.4, 0.5) is 0 Å². The molecule has 0 aliphatic rings. The van der Waals surface area contributed by atoms with Gasteiger partial charge in [0.2, 0.25) is 0 Å². The van der Waals surface area contributed by atoms with E-state index < -0.39 is 0 Å². The lowest BCUT2D eigenvalue weighted by Gasteiger charge is -2.12. The molecule has 100 valence electrons. The van der Waals surface area contributed by atoms with E-state index >= 15 is 0 Å². The number of rotatable bonds is 4. The fourth-order valence-electron chi connectivity index (χ4n) is 2.13. The Labute approximate surface area is 124 Å². The van der Waals surface area contributed by atoms with Gasteiger partial charge >= 0.3 is 0 Å². The number of benzene rings is 2. The first-order valence-electron chi connectivity index (χ1n) is 6.37. The summed E-state index contributed by atoms with van der Waals surface area (Å²) in [6.45, 7) is 2.91. The number of hydrogen-bond donors (Lipinski definition) is 1. The van der Waals surface area contributed by atoms with Crippen LogP contribution in [0.1, 0.15) is 24.8 Å². The quantitative estimate of drug-likeness (QED) is 0.832. The Kier molecular flexibility index (Phi) is 4.87. The van der Waals surface area contributed by atoms with Crippen LogP contribution in [0.2, 0.25) is 10.0 Å². The fourth-order valence-corrected chi connectivity index (χ4v) is 2.65. The molecule has 1 unspecified atom stereocenters. The summed E-state index contributed by atoms with van der Waals surface area (Å²) in [5.41, 5.74) is 9.00. The van der Waals surface area contributed by atoms with E-state index in [0.717, 1.165) is 17.5 Å². The summed E-state index contributed by atoms with van der Waals surface area (Å²) in [5.74, 6) is 0.486. The van der Waals surface area contributed by atoms with Crippen LogP contribution in [0.3, 0.4) is 0 Å². The molecule has 0 amide bonds. The van der Waals surface area contributed by atoms with Crippen molar-refractivity contribution in [2.75, 3.05) is 6.54 Å². The van der Waals surface area contributed by atoms with E-state index in [1.54, 1.807) is 6.07 Å². The maximum atomic E-state index is 6.22. The minimum absolute atomic E-state index is 0.486. The minimum atomic E-state index is 0.486. The van der Waals surface area contributed by atoms with E-state index in [-0.39, 0.29) is 0 Å². The monoisotopic (exact) mass is 293 g/mol. The molecule has 19 heavy (non-hydrogen) atoms. The Morgan fingerprint density at radius 2 is 1.74 bits per heavy atom. The molecule has 2 rings (SSSR count). The molecule has 0 bridgehead atoms. The third-order valence-electron chi connectivity index (χ3n) is 3.32. The van der Waals surface area contributed by atoms with Gasteiger partial charge in [0.25, 0.3) is 0 Å². The summed E-state index contributed by atoms with van der Waals surface area (Å²) in [7, 11) is 0. The van der Waals surface area contributed by atoms with Gasteiger partial charge in [-0.05, 0) is 42.1 Å². The Hall–Kier alpha value is -1.02. The van der Waals surface area contributed by atoms with Crippen molar-refractivity contribution in [3.8, 4) is 11.1 Å². The highest BCUT2D eigenvalue weighted by atomic mass is 35.5. The van der Waals surface area contributed by atoms with Crippen LogP contribution in [0, 0.1) is 0 Å². The zero-order chi connectivity index (χ0) is 13.8. The lowest BCUT2D eigenvalue weighted by molar-refractivity contribution is 0.690. The average Bonchev–Trinajstić information content (AvgIpc) is 2.39. The predicted molar refractivity (Wildman–Crippen MR) is 84.0 cm³/mol. The molecule has 0 aliphatic carbocycles. The summed E-state index contributed by atoms with van der Waals surface area (Å²) in [5, 5.41) is 1.33. The van der Waals surface area contributed by atoms with Crippen molar-refractivity contribution < 1.29 is 0 Å². The van der Waals surface area contributed by atoms with Crippen molar-refractivity contribution in [3.63, 3.8) is 0 Å². The van der Waals surface area contributed by atoms with Crippen LogP contribution in [0.15, 0.2) is 42.5 Å². The van der Waals surface area contributed by atoms with Gasteiger partial charge in [-0.15, -0.1) is 0 Å². The first-order chi connectivity index (χ1) is 9.11. The van der Waals surface area contributed by atoms with Gasteiger partial charge in [0.15, 0.2) is 0 Å². The zero-order valence-corrected chi connectivity index (χ0v) is 12.4. The molecule has 1 atom stereocenters. The van der Waals surface area contributed by atoms with Crippen LogP contribution in [0.25, 0.3) is 11.1 Å². The molecule has 0 aromatic heterocycles. The summed E-state index contributed by atoms with van der Waals surface area (Å²) in [6.07, 6.45) is 1.00. The van der Waals surface area contributed by atoms with Crippen molar-refractivity contribution in [2.45, 2.75) is 19.3 Å². The summed E-state index contributed by atoms with van der Waals surface area (Å²) < 4.78 is 0. The normalized spacial score (nSPS) is 12.4. The molecule has 3 heteroatoms. The fraction of sp³-hybridized carbons (Fsp3) is 0.250. The van der Waals surface area contributed by atoms with E-state index in [1.807, 2.05) is 12.1 Å². The number of hydrogen-bond acceptors (Lipinski definition) is 1. The lowest BCUT2D eigenvalue weighted by atomic mass is 9.95. The lowest BCUT2D eigenvalue weighted by Crippen LogP contribution is -2.04. The van der Waals surface area contributed by atoms with Gasteiger partial charge < -0.3 is 5.73 Å². The van der Waals surface area contributed by atoms with Gasteiger partial charge in [0.05, 0.1) is 0 Å². The van der Waals surface area contributed by atoms with E-state index in [9.17, 15) is 0 Å². The van der Waals surface area contributed by atoms with Gasteiger partial charge in [-0.2, -0.15) is 0 Å². The molecule has 0 saturated carbocycles. The molecular formula is C16H17Cl2N. The Morgan fingerprint density at radius 3 is 2.32 bits per heavy atom. The second kappa shape index (κ2) is 6.42. The maximum absolute atomic E-state index is 6.22. The highest BCUT2D eigenvalue weighted by Crippen LogP contribution is 2.31. The van der Waals surface area contributed by atoms with Crippen molar-refractivity contribution >= 4 is 23.2 Å². The number of halogens is 2. The molecular weight excluding hydrogens is 277 g/mol. The van der Waals surface area contributed by atoms with Crippen molar-refractivity contribution in [1.29, 1.82) is 0 Å². The van der Waals surface area contributed by atoms with Gasteiger partial charge in [-0.25, -0.2) is 0 Å². The predicted octanol–water partition coefficient (Wildman–Crippen LogP) is 5.11. The highest BCUT2D eigenvalue weighted by Gasteiger charge is 2.07. The first kappa shape index (κ1) is 14.4. The molecule has 2 aromatic rings. The summed E-state index contributed by atoms with van der Waals surface area (Å²) in [6, 6.07) is 14.0. The van der Waals surface area contributed by atoms with Crippen LogP contribution < -0.4 is 5.73 Å². The molecule has 0 spiro atoms. The molecule has 0 fully saturated rings. The van der Waals surface area contributed by atoms with Gasteiger partial charge in [-0.1, -0.05) is 60.5 Å². The topological polar surface area (TPSA) is 26.0 Å². The average molecular weight is 294 g/mol. The number of nitrogens with two attached hydrogens (primary N) is 1. The first-order valence-corrected chi connectivity index (χ1v) is 7.13. The second-order valence-corrected chi connectivity index (χ2v) is 5.57. The van der Waals surface area contributed by atoms with E-state index in [1.165, 1.54) is 5.56 Å². The van der Waals surface area contributed by atoms with Crippen LogP contribution in [-0.4, -0.2) is 6.54 Å². The molecule has 0 aliphatic heterocycles. The van der Waals surface area contributed by atoms with Crippen LogP contribution in [-0.2, 0) is 0 Å². The van der Waals surface area contributed by atoms with Gasteiger partial charge in [0.1, 0.15) is 0 Å². The Bertz CT molecular complexity index is 549. The summed E-state index contributed by atoms with van der Waals surface area (Å²) >= 11 is 12.1. The van der Waals surface area contributed by atoms with E-state index in [4.69, 9.17) is 28.9 Å². The van der Waals surface area contributed by atoms with Gasteiger partial charge in [0, 0.05) is 15.6 Å². The van der Waals surface area contributed by atoms with Crippen molar-refractivity contribution in [1.82, 2.24) is 0 Å². The van der Waals surface area contributed by atoms with Crippen LogP contribution in [0.5, 0.6) is 0 Å². The SMILES string of the molecule is CC(CCN)c1ccc(-c2ccc(Cl)cc2Cl)cc1. The zero-order valence-electron chi connectivity index (χ0n) is 10.9. The Morgan fingerprint density at radius 1 is 1.05 bits per heavy atom. The molecule has 0 radical (unpaired) electrons. The maximum Gasteiger partial charge on any atom is 0.0499 e. The highest BCUT2D eigenvalue weighted by molar-refractivity contribution is 6.36. The van der Waals surface area contributed by atoms with Crippen molar-refractivity contribution in [2.24, 2.45) is 5.73 Å². The van der Waals surface area contributed by atoms with Crippen molar-refractivity contribution in [3.05, 3.63) is 58.1 Å². The standard InChI is InChI=1S/C16H17Cl2N/c1-11(8-9-19)12-2-4-13(5-3-12)15-7-6-14(17)10-16(15)18/h2-7,10-11H,8-9,19H2,1H3.